The van der Waals surface area contributed by atoms with Gasteiger partial charge < -0.3 is 14.0 Å². The molecule has 2 rings (SSSR count). The van der Waals surface area contributed by atoms with E-state index in [4.69, 9.17) is 20.3 Å². The van der Waals surface area contributed by atoms with Crippen molar-refractivity contribution in [3.8, 4) is 0 Å². The van der Waals surface area contributed by atoms with Crippen molar-refractivity contribution in [2.75, 3.05) is 7.04 Å². The molecule has 0 aliphatic carbocycles. The van der Waals surface area contributed by atoms with Crippen LogP contribution in [0.4, 0.5) is 0 Å². The van der Waals surface area contributed by atoms with Crippen LogP contribution in [0.15, 0.2) is 18.3 Å². The molecule has 1 aliphatic heterocycles. The summed E-state index contributed by atoms with van der Waals surface area (Å²) in [5, 5.41) is 0. The van der Waals surface area contributed by atoms with E-state index < -0.39 is 55.9 Å². The molecule has 1 aliphatic rings. The van der Waals surface area contributed by atoms with Crippen LogP contribution >= 0.6 is 0 Å². The molecule has 4 nitrogen and oxygen atoms in total. The van der Waals surface area contributed by atoms with E-state index in [0.717, 1.165) is 0 Å². The molecule has 0 saturated carbocycles. The van der Waals surface area contributed by atoms with E-state index in [0.29, 0.717) is 0 Å². The molecular weight excluding hydrogens is 229 g/mol. The highest BCUT2D eigenvalue weighted by atomic mass is 16.7. The first-order chi connectivity index (χ1) is 11.5. The van der Waals surface area contributed by atoms with Gasteiger partial charge in [-0.15, -0.1) is 0 Å². The van der Waals surface area contributed by atoms with E-state index in [-0.39, 0.29) is 5.46 Å². The lowest BCUT2D eigenvalue weighted by molar-refractivity contribution is 0.00578. The lowest BCUT2D eigenvalue weighted by Crippen LogP contribution is -2.41. The number of hydrogen-bond donors (Lipinski definition) is 0. The number of pyridine rings is 1. The van der Waals surface area contributed by atoms with E-state index in [1.807, 2.05) is 0 Å². The van der Waals surface area contributed by atoms with Crippen molar-refractivity contribution in [3.63, 3.8) is 0 Å². The SMILES string of the molecule is [2H]c1nc(C([2H])([2H])OC([2H])([2H])[2H])c([2H])c(B2OC(C)(C)C(C)(C)O2)c1[2H]. The van der Waals surface area contributed by atoms with Gasteiger partial charge in [-0.05, 0) is 45.2 Å². The number of rotatable bonds is 3. The van der Waals surface area contributed by atoms with Crippen molar-refractivity contribution < 1.29 is 25.0 Å². The van der Waals surface area contributed by atoms with Gasteiger partial charge in [0.15, 0.2) is 0 Å². The zero-order chi connectivity index (χ0) is 20.3. The first-order valence-corrected chi connectivity index (χ1v) is 5.52. The fourth-order valence-corrected chi connectivity index (χ4v) is 1.51. The van der Waals surface area contributed by atoms with Gasteiger partial charge in [0.25, 0.3) is 0 Å². The van der Waals surface area contributed by atoms with E-state index in [9.17, 15) is 0 Å². The molecule has 0 atom stereocenters. The average molecular weight is 257 g/mol. The third kappa shape index (κ3) is 2.43. The fraction of sp³-hybridized carbons (Fsp3) is 0.615. The molecule has 0 N–H and O–H groups in total. The van der Waals surface area contributed by atoms with E-state index in [2.05, 4.69) is 9.72 Å². The highest BCUT2D eigenvalue weighted by molar-refractivity contribution is 6.62. The summed E-state index contributed by atoms with van der Waals surface area (Å²) >= 11 is 0. The largest absolute Gasteiger partial charge is 0.494 e. The van der Waals surface area contributed by atoms with Crippen LogP contribution in [0.5, 0.6) is 0 Å². The van der Waals surface area contributed by atoms with Crippen LogP contribution in [0.1, 0.15) is 44.4 Å². The van der Waals surface area contributed by atoms with Crippen molar-refractivity contribution >= 4 is 12.6 Å². The maximum absolute atomic E-state index is 8.24. The molecule has 0 radical (unpaired) electrons. The molecule has 0 amide bonds. The summed E-state index contributed by atoms with van der Waals surface area (Å²) < 4.78 is 77.0. The first kappa shape index (κ1) is 6.50. The van der Waals surface area contributed by atoms with Gasteiger partial charge in [0.1, 0.15) is 0 Å². The van der Waals surface area contributed by atoms with Crippen molar-refractivity contribution in [1.82, 2.24) is 4.98 Å². The van der Waals surface area contributed by atoms with Crippen LogP contribution in [0.25, 0.3) is 0 Å². The van der Waals surface area contributed by atoms with Crippen molar-refractivity contribution in [3.05, 3.63) is 24.0 Å². The standard InChI is InChI=1S/C13H20BNO3/c1-12(2)13(3,4)18-14(17-12)10-6-7-15-11(8-10)9-16-5/h6-8H,9H2,1-5H3/i5D3,6D,7D,8D,9D2. The van der Waals surface area contributed by atoms with Crippen LogP contribution in [0.3, 0.4) is 0 Å². The summed E-state index contributed by atoms with van der Waals surface area (Å²) in [6.45, 7) is 4.09. The zero-order valence-electron chi connectivity index (χ0n) is 18.7. The maximum atomic E-state index is 8.24. The van der Waals surface area contributed by atoms with E-state index in [1.54, 1.807) is 27.7 Å². The highest BCUT2D eigenvalue weighted by Gasteiger charge is 2.51. The third-order valence-electron chi connectivity index (χ3n) is 3.25. The smallest absolute Gasteiger partial charge is 0.399 e. The number of nitrogens with zero attached hydrogens (tertiary/aromatic N) is 1. The summed E-state index contributed by atoms with van der Waals surface area (Å²) in [4.78, 5) is 3.56. The average Bonchev–Trinajstić information content (AvgIpc) is 2.59. The second-order valence-electron chi connectivity index (χ2n) is 5.03. The second-order valence-corrected chi connectivity index (χ2v) is 5.03. The van der Waals surface area contributed by atoms with Crippen LogP contribution in [-0.4, -0.2) is 30.3 Å². The van der Waals surface area contributed by atoms with Crippen LogP contribution in [-0.2, 0) is 20.6 Å². The topological polar surface area (TPSA) is 40.6 Å². The lowest BCUT2D eigenvalue weighted by Gasteiger charge is -2.32. The summed E-state index contributed by atoms with van der Waals surface area (Å²) in [5.41, 5.74) is -2.48. The molecule has 1 aromatic heterocycles. The molecule has 1 saturated heterocycles. The van der Waals surface area contributed by atoms with Gasteiger partial charge in [-0.25, -0.2) is 0 Å². The van der Waals surface area contributed by atoms with Gasteiger partial charge in [-0.1, -0.05) is 0 Å². The Hall–Kier alpha value is -0.905. The van der Waals surface area contributed by atoms with E-state index in [1.165, 1.54) is 0 Å². The number of ether oxygens (including phenoxy) is 1. The van der Waals surface area contributed by atoms with Gasteiger partial charge in [0, 0.05) is 13.2 Å². The van der Waals surface area contributed by atoms with Gasteiger partial charge in [0.2, 0.25) is 0 Å². The van der Waals surface area contributed by atoms with Crippen LogP contribution in [0, 0.1) is 0 Å². The van der Waals surface area contributed by atoms with Crippen LogP contribution < -0.4 is 5.46 Å². The third-order valence-corrected chi connectivity index (χ3v) is 3.25. The first-order valence-electron chi connectivity index (χ1n) is 9.52. The Morgan fingerprint density at radius 3 is 2.72 bits per heavy atom. The summed E-state index contributed by atoms with van der Waals surface area (Å²) in [6.07, 6.45) is -0.640. The number of aromatic nitrogens is 1. The normalized spacial score (nSPS) is 29.2. The van der Waals surface area contributed by atoms with Gasteiger partial charge >= 0.3 is 7.12 Å². The van der Waals surface area contributed by atoms with Crippen molar-refractivity contribution in [1.29, 1.82) is 0 Å². The monoisotopic (exact) mass is 257 g/mol. The summed E-state index contributed by atoms with van der Waals surface area (Å²) in [5.74, 6) is 0. The minimum atomic E-state index is -3.08. The minimum Gasteiger partial charge on any atom is -0.399 e. The maximum Gasteiger partial charge on any atom is 0.494 e. The predicted octanol–water partition coefficient (Wildman–Crippen LogP) is 1.53. The summed E-state index contributed by atoms with van der Waals surface area (Å²) in [7, 11) is -4.28. The summed E-state index contributed by atoms with van der Waals surface area (Å²) in [6, 6.07) is -1.05. The quantitative estimate of drug-likeness (QED) is 0.770. The lowest BCUT2D eigenvalue weighted by atomic mass is 9.79. The molecule has 18 heavy (non-hydrogen) atoms. The highest BCUT2D eigenvalue weighted by Crippen LogP contribution is 2.36. The molecule has 1 fully saturated rings. The van der Waals surface area contributed by atoms with Gasteiger partial charge in [0.05, 0.1) is 34.4 Å². The number of methoxy groups -OCH3 is 1. The van der Waals surface area contributed by atoms with Crippen molar-refractivity contribution in [2.24, 2.45) is 0 Å². The van der Waals surface area contributed by atoms with Crippen LogP contribution in [0.2, 0.25) is 0 Å². The predicted molar refractivity (Wildman–Crippen MR) is 70.7 cm³/mol. The molecule has 0 unspecified atom stereocenters. The van der Waals surface area contributed by atoms with Crippen molar-refractivity contribution in [2.45, 2.75) is 45.5 Å². The Morgan fingerprint density at radius 1 is 1.44 bits per heavy atom. The molecule has 1 aromatic rings. The van der Waals surface area contributed by atoms with Gasteiger partial charge in [-0.3, -0.25) is 4.98 Å². The number of hydrogen-bond acceptors (Lipinski definition) is 4. The molecule has 0 spiro atoms. The Morgan fingerprint density at radius 2 is 2.11 bits per heavy atom. The molecule has 0 aromatic carbocycles. The Balaban J connectivity index is 2.58. The molecule has 0 bridgehead atoms. The second kappa shape index (κ2) is 4.65. The molecular formula is C13H20BNO3. The Kier molecular flexibility index (Phi) is 1.68. The Bertz CT molecular complexity index is 706. The fourth-order valence-electron chi connectivity index (χ4n) is 1.51. The molecule has 5 heteroatoms. The molecule has 98 valence electrons. The van der Waals surface area contributed by atoms with E-state index >= 15 is 0 Å². The minimum absolute atomic E-state index is 0.198. The zero-order valence-corrected chi connectivity index (χ0v) is 10.7. The molecule has 2 heterocycles. The Labute approximate surface area is 120 Å². The van der Waals surface area contributed by atoms with Gasteiger partial charge in [-0.2, -0.15) is 0 Å².